The zero-order valence-corrected chi connectivity index (χ0v) is 17.0. The summed E-state index contributed by atoms with van der Waals surface area (Å²) in [6, 6.07) is 13.7. The normalized spacial score (nSPS) is 12.2. The van der Waals surface area contributed by atoms with Crippen molar-refractivity contribution in [1.29, 1.82) is 0 Å². The van der Waals surface area contributed by atoms with Gasteiger partial charge in [0.05, 0.1) is 16.8 Å². The SMILES string of the molecule is CC(C)Cc1ccc([C@H](C)NC(=O)CSc2cc(Cl)ccc2Cl)cc1. The van der Waals surface area contributed by atoms with Gasteiger partial charge in [0.1, 0.15) is 0 Å². The van der Waals surface area contributed by atoms with E-state index in [0.717, 1.165) is 16.9 Å². The third-order valence-corrected chi connectivity index (χ3v) is 5.49. The lowest BCUT2D eigenvalue weighted by molar-refractivity contribution is -0.119. The average Bonchev–Trinajstić information content (AvgIpc) is 2.55. The number of hydrogen-bond donors (Lipinski definition) is 1. The van der Waals surface area contributed by atoms with Crippen LogP contribution in [0.2, 0.25) is 10.0 Å². The summed E-state index contributed by atoms with van der Waals surface area (Å²) in [4.78, 5) is 13.0. The molecule has 0 fully saturated rings. The van der Waals surface area contributed by atoms with Crippen molar-refractivity contribution < 1.29 is 4.79 Å². The van der Waals surface area contributed by atoms with Gasteiger partial charge in [0.25, 0.3) is 0 Å². The van der Waals surface area contributed by atoms with Gasteiger partial charge in [-0.2, -0.15) is 0 Å². The third kappa shape index (κ3) is 6.58. The summed E-state index contributed by atoms with van der Waals surface area (Å²) in [5.74, 6) is 0.911. The Bertz CT molecular complexity index is 716. The molecule has 2 nitrogen and oxygen atoms in total. The fourth-order valence-electron chi connectivity index (χ4n) is 2.51. The highest BCUT2D eigenvalue weighted by Gasteiger charge is 2.11. The minimum atomic E-state index is -0.0315. The molecule has 0 unspecified atom stereocenters. The first-order valence-electron chi connectivity index (χ1n) is 8.31. The lowest BCUT2D eigenvalue weighted by Gasteiger charge is -2.15. The molecule has 134 valence electrons. The molecule has 2 rings (SSSR count). The van der Waals surface area contributed by atoms with Crippen molar-refractivity contribution in [3.8, 4) is 0 Å². The van der Waals surface area contributed by atoms with E-state index in [0.29, 0.717) is 21.7 Å². The molecule has 0 aliphatic rings. The van der Waals surface area contributed by atoms with E-state index in [1.165, 1.54) is 17.3 Å². The molecule has 0 saturated carbocycles. The van der Waals surface area contributed by atoms with Crippen LogP contribution in [0, 0.1) is 5.92 Å². The first-order valence-corrected chi connectivity index (χ1v) is 10.1. The summed E-state index contributed by atoms with van der Waals surface area (Å²) in [6.07, 6.45) is 1.07. The summed E-state index contributed by atoms with van der Waals surface area (Å²) >= 11 is 13.5. The standard InChI is InChI=1S/C20H23Cl2NOS/c1-13(2)10-15-4-6-16(7-5-15)14(3)23-20(24)12-25-19-11-17(21)8-9-18(19)22/h4-9,11,13-14H,10,12H2,1-3H3,(H,23,24)/t14-/m0/s1. The van der Waals surface area contributed by atoms with Crippen LogP contribution in [0.4, 0.5) is 0 Å². The van der Waals surface area contributed by atoms with Crippen molar-refractivity contribution in [1.82, 2.24) is 5.32 Å². The lowest BCUT2D eigenvalue weighted by atomic mass is 10.00. The van der Waals surface area contributed by atoms with Gasteiger partial charge >= 0.3 is 0 Å². The van der Waals surface area contributed by atoms with Crippen LogP contribution in [0.5, 0.6) is 0 Å². The number of amides is 1. The number of thioether (sulfide) groups is 1. The molecule has 0 radical (unpaired) electrons. The smallest absolute Gasteiger partial charge is 0.230 e. The topological polar surface area (TPSA) is 29.1 Å². The molecule has 5 heteroatoms. The van der Waals surface area contributed by atoms with Gasteiger partial charge in [-0.3, -0.25) is 4.79 Å². The highest BCUT2D eigenvalue weighted by molar-refractivity contribution is 8.00. The predicted octanol–water partition coefficient (Wildman–Crippen LogP) is 6.16. The van der Waals surface area contributed by atoms with Crippen LogP contribution in [-0.4, -0.2) is 11.7 Å². The fourth-order valence-corrected chi connectivity index (χ4v) is 3.82. The quantitative estimate of drug-likeness (QED) is 0.568. The largest absolute Gasteiger partial charge is 0.349 e. The van der Waals surface area contributed by atoms with Gasteiger partial charge in [-0.25, -0.2) is 0 Å². The van der Waals surface area contributed by atoms with E-state index in [1.54, 1.807) is 18.2 Å². The first-order chi connectivity index (χ1) is 11.8. The van der Waals surface area contributed by atoms with Crippen LogP contribution in [-0.2, 0) is 11.2 Å². The fraction of sp³-hybridized carbons (Fsp3) is 0.350. The third-order valence-electron chi connectivity index (χ3n) is 3.75. The second kappa shape index (κ2) is 9.51. The van der Waals surface area contributed by atoms with Crippen molar-refractivity contribution in [3.05, 3.63) is 63.6 Å². The van der Waals surface area contributed by atoms with Crippen molar-refractivity contribution in [2.45, 2.75) is 38.1 Å². The number of benzene rings is 2. The number of carbonyl (C=O) groups excluding carboxylic acids is 1. The maximum atomic E-state index is 12.2. The molecule has 0 aliphatic heterocycles. The van der Waals surface area contributed by atoms with E-state index in [2.05, 4.69) is 43.4 Å². The Morgan fingerprint density at radius 1 is 1.08 bits per heavy atom. The number of nitrogens with one attached hydrogen (secondary N) is 1. The van der Waals surface area contributed by atoms with Crippen LogP contribution in [0.1, 0.15) is 37.9 Å². The Morgan fingerprint density at radius 2 is 1.76 bits per heavy atom. The van der Waals surface area contributed by atoms with E-state index in [4.69, 9.17) is 23.2 Å². The van der Waals surface area contributed by atoms with Gasteiger partial charge in [-0.15, -0.1) is 11.8 Å². The molecule has 0 spiro atoms. The number of rotatable bonds is 7. The zero-order valence-electron chi connectivity index (χ0n) is 14.7. The van der Waals surface area contributed by atoms with Crippen molar-refractivity contribution in [3.63, 3.8) is 0 Å². The molecule has 0 aliphatic carbocycles. The summed E-state index contributed by atoms with van der Waals surface area (Å²) < 4.78 is 0. The van der Waals surface area contributed by atoms with Gasteiger partial charge in [0.2, 0.25) is 5.91 Å². The van der Waals surface area contributed by atoms with E-state index < -0.39 is 0 Å². The van der Waals surface area contributed by atoms with E-state index in [9.17, 15) is 4.79 Å². The van der Waals surface area contributed by atoms with Crippen molar-refractivity contribution >= 4 is 40.9 Å². The second-order valence-corrected chi connectivity index (χ2v) is 8.35. The van der Waals surface area contributed by atoms with Crippen LogP contribution in [0.15, 0.2) is 47.4 Å². The number of carbonyl (C=O) groups is 1. The summed E-state index contributed by atoms with van der Waals surface area (Å²) in [5, 5.41) is 4.25. The Balaban J connectivity index is 1.88. The average molecular weight is 396 g/mol. The minimum Gasteiger partial charge on any atom is -0.349 e. The summed E-state index contributed by atoms with van der Waals surface area (Å²) in [6.45, 7) is 6.41. The van der Waals surface area contributed by atoms with Crippen LogP contribution >= 0.6 is 35.0 Å². The van der Waals surface area contributed by atoms with Gasteiger partial charge in [-0.05, 0) is 48.6 Å². The van der Waals surface area contributed by atoms with Gasteiger partial charge in [-0.1, -0.05) is 61.3 Å². The Morgan fingerprint density at radius 3 is 2.40 bits per heavy atom. The molecule has 2 aromatic rings. The molecule has 25 heavy (non-hydrogen) atoms. The molecule has 1 N–H and O–H groups in total. The Labute approximate surface area is 164 Å². The number of hydrogen-bond acceptors (Lipinski definition) is 2. The van der Waals surface area contributed by atoms with E-state index in [1.807, 2.05) is 6.92 Å². The highest BCUT2D eigenvalue weighted by Crippen LogP contribution is 2.29. The number of halogens is 2. The summed E-state index contributed by atoms with van der Waals surface area (Å²) in [5.41, 5.74) is 2.43. The Kier molecular flexibility index (Phi) is 7.67. The monoisotopic (exact) mass is 395 g/mol. The van der Waals surface area contributed by atoms with Gasteiger partial charge in [0.15, 0.2) is 0 Å². The minimum absolute atomic E-state index is 0.0280. The maximum absolute atomic E-state index is 12.2. The molecule has 2 aromatic carbocycles. The molecule has 0 aromatic heterocycles. The van der Waals surface area contributed by atoms with Crippen molar-refractivity contribution in [2.24, 2.45) is 5.92 Å². The van der Waals surface area contributed by atoms with Crippen LogP contribution < -0.4 is 5.32 Å². The highest BCUT2D eigenvalue weighted by atomic mass is 35.5. The Hall–Kier alpha value is -1.16. The lowest BCUT2D eigenvalue weighted by Crippen LogP contribution is -2.28. The maximum Gasteiger partial charge on any atom is 0.230 e. The second-order valence-electron chi connectivity index (χ2n) is 6.49. The molecule has 0 bridgehead atoms. The zero-order chi connectivity index (χ0) is 18.4. The van der Waals surface area contributed by atoms with E-state index in [-0.39, 0.29) is 11.9 Å². The molecular weight excluding hydrogens is 373 g/mol. The van der Waals surface area contributed by atoms with Gasteiger partial charge in [0, 0.05) is 9.92 Å². The molecule has 0 saturated heterocycles. The molecular formula is C20H23Cl2NOS. The van der Waals surface area contributed by atoms with Gasteiger partial charge < -0.3 is 5.32 Å². The summed E-state index contributed by atoms with van der Waals surface area (Å²) in [7, 11) is 0. The molecule has 1 atom stereocenters. The van der Waals surface area contributed by atoms with E-state index >= 15 is 0 Å². The predicted molar refractivity (Wildman–Crippen MR) is 109 cm³/mol. The molecule has 1 amide bonds. The van der Waals surface area contributed by atoms with Crippen LogP contribution in [0.25, 0.3) is 0 Å². The van der Waals surface area contributed by atoms with Crippen LogP contribution in [0.3, 0.4) is 0 Å². The van der Waals surface area contributed by atoms with Crippen molar-refractivity contribution in [2.75, 3.05) is 5.75 Å². The molecule has 0 heterocycles. The first kappa shape index (κ1) is 20.2.